The minimum Gasteiger partial charge on any atom is -0.398 e. The summed E-state index contributed by atoms with van der Waals surface area (Å²) in [5.74, 6) is 2.06. The van der Waals surface area contributed by atoms with Crippen molar-refractivity contribution >= 4 is 22.7 Å². The Hall–Kier alpha value is -2.97. The summed E-state index contributed by atoms with van der Waals surface area (Å²) in [4.78, 5) is 22.8. The topological polar surface area (TPSA) is 98.3 Å². The second-order valence-corrected chi connectivity index (χ2v) is 8.74. The molecule has 0 radical (unpaired) electrons. The second kappa shape index (κ2) is 8.88. The van der Waals surface area contributed by atoms with Crippen LogP contribution in [0.1, 0.15) is 26.2 Å². The molecule has 0 spiro atoms. The van der Waals surface area contributed by atoms with E-state index < -0.39 is 0 Å². The zero-order valence-electron chi connectivity index (χ0n) is 18.5. The van der Waals surface area contributed by atoms with E-state index in [1.165, 1.54) is 19.3 Å². The SMILES string of the molecule is CCOCCn1c(=O)c(-c2ccccc2N)cc2cnc(NN3CC4CCCC4C3)nc21. The zero-order chi connectivity index (χ0) is 22.1. The molecule has 2 atom stereocenters. The minimum absolute atomic E-state index is 0.129. The van der Waals surface area contributed by atoms with E-state index in [9.17, 15) is 4.79 Å². The van der Waals surface area contributed by atoms with Crippen molar-refractivity contribution in [3.8, 4) is 11.1 Å². The number of para-hydroxylation sites is 1. The monoisotopic (exact) mass is 434 g/mol. The van der Waals surface area contributed by atoms with E-state index in [2.05, 4.69) is 15.4 Å². The fourth-order valence-electron chi connectivity index (χ4n) is 5.12. The van der Waals surface area contributed by atoms with Crippen molar-refractivity contribution in [2.24, 2.45) is 11.8 Å². The van der Waals surface area contributed by atoms with Crippen LogP contribution in [0.15, 0.2) is 41.3 Å². The zero-order valence-corrected chi connectivity index (χ0v) is 18.5. The van der Waals surface area contributed by atoms with Gasteiger partial charge < -0.3 is 10.5 Å². The van der Waals surface area contributed by atoms with Crippen molar-refractivity contribution in [3.05, 3.63) is 46.9 Å². The molecule has 1 saturated heterocycles. The van der Waals surface area contributed by atoms with Crippen LogP contribution in [-0.2, 0) is 11.3 Å². The third-order valence-electron chi connectivity index (χ3n) is 6.73. The number of benzene rings is 1. The summed E-state index contributed by atoms with van der Waals surface area (Å²) in [7, 11) is 0. The van der Waals surface area contributed by atoms with Gasteiger partial charge in [-0.15, -0.1) is 0 Å². The van der Waals surface area contributed by atoms with Crippen molar-refractivity contribution < 1.29 is 4.74 Å². The second-order valence-electron chi connectivity index (χ2n) is 8.74. The van der Waals surface area contributed by atoms with Crippen LogP contribution in [0.25, 0.3) is 22.2 Å². The first-order chi connectivity index (χ1) is 15.6. The summed E-state index contributed by atoms with van der Waals surface area (Å²) in [6, 6.07) is 9.25. The number of rotatable bonds is 7. The number of hydrogen-bond acceptors (Lipinski definition) is 7. The van der Waals surface area contributed by atoms with Gasteiger partial charge in [0.05, 0.1) is 18.7 Å². The Kier molecular flexibility index (Phi) is 5.80. The Bertz CT molecular complexity index is 1160. The quantitative estimate of drug-likeness (QED) is 0.435. The van der Waals surface area contributed by atoms with Gasteiger partial charge in [0.25, 0.3) is 5.56 Å². The average Bonchev–Trinajstić information content (AvgIpc) is 3.38. The number of nitrogens with two attached hydrogens (primary N) is 1. The molecule has 168 valence electrons. The lowest BCUT2D eigenvalue weighted by atomic mass is 10.0. The van der Waals surface area contributed by atoms with Gasteiger partial charge in [-0.1, -0.05) is 24.6 Å². The lowest BCUT2D eigenvalue weighted by Crippen LogP contribution is -2.30. The van der Waals surface area contributed by atoms with Crippen molar-refractivity contribution in [2.45, 2.75) is 32.7 Å². The van der Waals surface area contributed by atoms with Crippen molar-refractivity contribution in [2.75, 3.05) is 37.5 Å². The van der Waals surface area contributed by atoms with Crippen molar-refractivity contribution in [1.29, 1.82) is 0 Å². The molecule has 2 unspecified atom stereocenters. The van der Waals surface area contributed by atoms with E-state index in [1.807, 2.05) is 31.2 Å². The highest BCUT2D eigenvalue weighted by Crippen LogP contribution is 2.37. The molecule has 0 amide bonds. The van der Waals surface area contributed by atoms with Gasteiger partial charge in [-0.2, -0.15) is 4.98 Å². The van der Waals surface area contributed by atoms with Crippen molar-refractivity contribution in [3.63, 3.8) is 0 Å². The number of fused-ring (bicyclic) bond motifs is 2. The van der Waals surface area contributed by atoms with Crippen LogP contribution in [0, 0.1) is 11.8 Å². The maximum absolute atomic E-state index is 13.5. The Labute approximate surface area is 187 Å². The number of nitrogens with zero attached hydrogens (tertiary/aromatic N) is 4. The fraction of sp³-hybridized carbons (Fsp3) is 0.458. The molecule has 2 aromatic heterocycles. The highest BCUT2D eigenvalue weighted by atomic mass is 16.5. The highest BCUT2D eigenvalue weighted by molar-refractivity contribution is 5.85. The molecule has 8 heteroatoms. The number of nitrogens with one attached hydrogen (secondary N) is 1. The number of hydrazine groups is 1. The summed E-state index contributed by atoms with van der Waals surface area (Å²) >= 11 is 0. The van der Waals surface area contributed by atoms with E-state index in [0.29, 0.717) is 42.6 Å². The van der Waals surface area contributed by atoms with Gasteiger partial charge in [-0.25, -0.2) is 9.99 Å². The molecule has 3 aromatic rings. The molecule has 1 aliphatic heterocycles. The molecule has 1 aromatic carbocycles. The maximum atomic E-state index is 13.5. The predicted octanol–water partition coefficient (Wildman–Crippen LogP) is 3.14. The fourth-order valence-corrected chi connectivity index (χ4v) is 5.12. The summed E-state index contributed by atoms with van der Waals surface area (Å²) < 4.78 is 7.22. The first-order valence-corrected chi connectivity index (χ1v) is 11.5. The Morgan fingerprint density at radius 1 is 1.19 bits per heavy atom. The van der Waals surface area contributed by atoms with Gasteiger partial charge in [0.1, 0.15) is 5.65 Å². The number of aromatic nitrogens is 3. The summed E-state index contributed by atoms with van der Waals surface area (Å²) in [6.45, 7) is 5.43. The van der Waals surface area contributed by atoms with Gasteiger partial charge in [-0.3, -0.25) is 14.8 Å². The van der Waals surface area contributed by atoms with Crippen LogP contribution in [0.3, 0.4) is 0 Å². The molecule has 3 heterocycles. The normalized spacial score (nSPS) is 20.7. The maximum Gasteiger partial charge on any atom is 0.260 e. The Morgan fingerprint density at radius 3 is 2.72 bits per heavy atom. The van der Waals surface area contributed by atoms with E-state index in [4.69, 9.17) is 15.5 Å². The average molecular weight is 435 g/mol. The summed E-state index contributed by atoms with van der Waals surface area (Å²) in [5, 5.41) is 3.01. The number of pyridine rings is 1. The summed E-state index contributed by atoms with van der Waals surface area (Å²) in [6.07, 6.45) is 5.74. The Balaban J connectivity index is 1.52. The molecule has 5 rings (SSSR count). The number of nitrogen functional groups attached to an aromatic ring is 1. The molecular weight excluding hydrogens is 404 g/mol. The van der Waals surface area contributed by atoms with E-state index in [0.717, 1.165) is 35.9 Å². The van der Waals surface area contributed by atoms with E-state index in [1.54, 1.807) is 16.8 Å². The van der Waals surface area contributed by atoms with Crippen LogP contribution < -0.4 is 16.7 Å². The van der Waals surface area contributed by atoms with Gasteiger partial charge in [0, 0.05) is 42.5 Å². The predicted molar refractivity (Wildman–Crippen MR) is 126 cm³/mol. The van der Waals surface area contributed by atoms with Crippen LogP contribution >= 0.6 is 0 Å². The van der Waals surface area contributed by atoms with Crippen LogP contribution in [0.5, 0.6) is 0 Å². The molecule has 0 bridgehead atoms. The Morgan fingerprint density at radius 2 is 1.97 bits per heavy atom. The number of anilines is 2. The third-order valence-corrected chi connectivity index (χ3v) is 6.73. The molecule has 1 saturated carbocycles. The molecule has 1 aliphatic carbocycles. The van der Waals surface area contributed by atoms with E-state index in [-0.39, 0.29) is 5.56 Å². The molecule has 32 heavy (non-hydrogen) atoms. The standard InChI is InChI=1S/C24H30N6O2/c1-2-32-11-10-30-22-18(12-20(23(30)31)19-8-3-4-9-21(19)25)13-26-24(27-22)28-29-14-16-6-5-7-17(16)15-29/h3-4,8-9,12-13,16-17H,2,5-7,10-11,14-15,25H2,1H3,(H,26,27,28). The molecule has 3 N–H and O–H groups in total. The highest BCUT2D eigenvalue weighted by Gasteiger charge is 2.36. The van der Waals surface area contributed by atoms with Crippen LogP contribution in [0.2, 0.25) is 0 Å². The van der Waals surface area contributed by atoms with Crippen molar-refractivity contribution in [1.82, 2.24) is 19.5 Å². The first kappa shape index (κ1) is 20.9. The van der Waals surface area contributed by atoms with E-state index >= 15 is 0 Å². The lowest BCUT2D eigenvalue weighted by molar-refractivity contribution is 0.139. The third kappa shape index (κ3) is 3.96. The van der Waals surface area contributed by atoms with Gasteiger partial charge in [-0.05, 0) is 43.7 Å². The first-order valence-electron chi connectivity index (χ1n) is 11.5. The lowest BCUT2D eigenvalue weighted by Gasteiger charge is -2.19. The van der Waals surface area contributed by atoms with Gasteiger partial charge in [0.15, 0.2) is 0 Å². The molecule has 8 nitrogen and oxygen atoms in total. The van der Waals surface area contributed by atoms with Crippen LogP contribution in [0.4, 0.5) is 11.6 Å². The van der Waals surface area contributed by atoms with Crippen LogP contribution in [-0.4, -0.2) is 45.8 Å². The van der Waals surface area contributed by atoms with Gasteiger partial charge in [0.2, 0.25) is 5.95 Å². The van der Waals surface area contributed by atoms with Gasteiger partial charge >= 0.3 is 0 Å². The molecule has 2 fully saturated rings. The molecular formula is C24H30N6O2. The largest absolute Gasteiger partial charge is 0.398 e. The number of ether oxygens (including phenoxy) is 1. The number of hydrogen-bond donors (Lipinski definition) is 2. The smallest absolute Gasteiger partial charge is 0.260 e. The molecule has 2 aliphatic rings. The minimum atomic E-state index is -0.129. The summed E-state index contributed by atoms with van der Waals surface area (Å²) in [5.41, 5.74) is 11.9.